The summed E-state index contributed by atoms with van der Waals surface area (Å²) in [5.74, 6) is 0. The summed E-state index contributed by atoms with van der Waals surface area (Å²) in [6.45, 7) is 0. The smallest absolute Gasteiger partial charge is 0.0782 e. The van der Waals surface area contributed by atoms with Gasteiger partial charge in [0, 0.05) is 4.90 Å². The molecule has 0 fully saturated rings. The monoisotopic (exact) mass is 242 g/mol. The van der Waals surface area contributed by atoms with Crippen LogP contribution in [0.4, 0.5) is 0 Å². The zero-order valence-corrected chi connectivity index (χ0v) is 9.86. The second-order valence-electron chi connectivity index (χ2n) is 2.36. The van der Waals surface area contributed by atoms with E-state index in [0.29, 0.717) is 0 Å². The van der Waals surface area contributed by atoms with Gasteiger partial charge in [-0.2, -0.15) is 0 Å². The van der Waals surface area contributed by atoms with Crippen LogP contribution in [0.25, 0.3) is 0 Å². The Bertz CT molecular complexity index is 426. The van der Waals surface area contributed by atoms with Crippen LogP contribution in [0.2, 0.25) is 0 Å². The van der Waals surface area contributed by atoms with E-state index in [1.54, 1.807) is 32.4 Å². The number of rotatable bonds is 2. The van der Waals surface area contributed by atoms with Crippen LogP contribution in [0, 0.1) is 3.82 Å². The zero-order valence-electron chi connectivity index (χ0n) is 6.60. The van der Waals surface area contributed by atoms with Crippen molar-refractivity contribution in [2.24, 2.45) is 0 Å². The normalized spacial score (nSPS) is 10.2. The molecule has 1 aromatic heterocycles. The molecule has 0 saturated carbocycles. The van der Waals surface area contributed by atoms with Crippen molar-refractivity contribution in [1.82, 2.24) is 0 Å². The summed E-state index contributed by atoms with van der Waals surface area (Å²) in [7, 11) is 3.40. The van der Waals surface area contributed by atoms with E-state index in [9.17, 15) is 0 Å². The van der Waals surface area contributed by atoms with Crippen molar-refractivity contribution in [1.29, 1.82) is 0 Å². The number of hydrogen-bond acceptors (Lipinski definition) is 4. The number of benzene rings is 1. The lowest BCUT2D eigenvalue weighted by atomic mass is 10.4. The second kappa shape index (κ2) is 4.37. The lowest BCUT2D eigenvalue weighted by Crippen LogP contribution is -1.65. The van der Waals surface area contributed by atoms with Crippen LogP contribution in [-0.4, -0.2) is 0 Å². The van der Waals surface area contributed by atoms with Crippen LogP contribution in [0.5, 0.6) is 0 Å². The quantitative estimate of drug-likeness (QED) is 0.553. The molecule has 66 valence electrons. The third-order valence-corrected chi connectivity index (χ3v) is 5.71. The summed E-state index contributed by atoms with van der Waals surface area (Å²) in [5, 5.41) is 0. The molecule has 0 nitrogen and oxygen atoms in total. The predicted octanol–water partition coefficient (Wildman–Crippen LogP) is 4.69. The largest absolute Gasteiger partial charge is 0.103 e. The Morgan fingerprint density at radius 3 is 2.46 bits per heavy atom. The minimum atomic E-state index is 0.975. The highest BCUT2D eigenvalue weighted by atomic mass is 32.9. The summed E-state index contributed by atoms with van der Waals surface area (Å²) in [6.07, 6.45) is 0. The van der Waals surface area contributed by atoms with Gasteiger partial charge in [-0.15, -0.1) is 0 Å². The van der Waals surface area contributed by atoms with Gasteiger partial charge in [-0.05, 0) is 18.2 Å². The molecule has 0 atom stereocenters. The van der Waals surface area contributed by atoms with Crippen LogP contribution >= 0.6 is 44.7 Å². The standard InChI is InChI=1S/C9H6S4/c10-8-6-9(13-12-8)11-7-4-2-1-3-5-7/h1-6H. The molecule has 4 heteroatoms. The molecule has 0 aliphatic carbocycles. The van der Waals surface area contributed by atoms with Crippen molar-refractivity contribution in [3.63, 3.8) is 0 Å². The summed E-state index contributed by atoms with van der Waals surface area (Å²) >= 11 is 6.84. The minimum absolute atomic E-state index is 0.975. The van der Waals surface area contributed by atoms with Crippen LogP contribution in [0.15, 0.2) is 45.5 Å². The molecule has 0 spiro atoms. The van der Waals surface area contributed by atoms with E-state index in [1.807, 2.05) is 18.2 Å². The Hall–Kier alpha value is -0.160. The third-order valence-electron chi connectivity index (χ3n) is 1.40. The highest BCUT2D eigenvalue weighted by Gasteiger charge is 1.98. The molecular formula is C9H6S4. The van der Waals surface area contributed by atoms with Crippen molar-refractivity contribution < 1.29 is 0 Å². The van der Waals surface area contributed by atoms with E-state index in [0.717, 1.165) is 3.82 Å². The lowest BCUT2D eigenvalue weighted by Gasteiger charge is -1.94. The molecule has 13 heavy (non-hydrogen) atoms. The molecule has 1 aromatic carbocycles. The van der Waals surface area contributed by atoms with Crippen molar-refractivity contribution in [3.8, 4) is 0 Å². The van der Waals surface area contributed by atoms with E-state index < -0.39 is 0 Å². The van der Waals surface area contributed by atoms with Gasteiger partial charge < -0.3 is 0 Å². The average Bonchev–Trinajstić information content (AvgIpc) is 2.53. The van der Waals surface area contributed by atoms with Crippen molar-refractivity contribution in [3.05, 3.63) is 40.2 Å². The fourth-order valence-electron chi connectivity index (χ4n) is 0.878. The first-order chi connectivity index (χ1) is 6.34. The molecule has 0 aliphatic heterocycles. The molecule has 0 N–H and O–H groups in total. The molecule has 2 rings (SSSR count). The van der Waals surface area contributed by atoms with E-state index >= 15 is 0 Å². The molecule has 0 saturated heterocycles. The maximum atomic E-state index is 5.06. The van der Waals surface area contributed by atoms with Crippen molar-refractivity contribution >= 4 is 44.7 Å². The van der Waals surface area contributed by atoms with E-state index in [4.69, 9.17) is 12.2 Å². The highest BCUT2D eigenvalue weighted by molar-refractivity contribution is 8.03. The first-order valence-corrected chi connectivity index (χ1v) is 7.05. The molecule has 0 amide bonds. The van der Waals surface area contributed by atoms with Gasteiger partial charge in [0.25, 0.3) is 0 Å². The molecule has 2 aromatic rings. The molecule has 1 heterocycles. The topological polar surface area (TPSA) is 0 Å². The molecular weight excluding hydrogens is 236 g/mol. The molecule has 0 aliphatic rings. The summed E-state index contributed by atoms with van der Waals surface area (Å²) in [5.41, 5.74) is 0. The Balaban J connectivity index is 2.20. The van der Waals surface area contributed by atoms with E-state index in [-0.39, 0.29) is 0 Å². The van der Waals surface area contributed by atoms with Crippen LogP contribution in [0.3, 0.4) is 0 Å². The van der Waals surface area contributed by atoms with Gasteiger partial charge in [-0.1, -0.05) is 62.9 Å². The SMILES string of the molecule is S=c1cc(Sc2ccccc2)ss1. The Morgan fingerprint density at radius 1 is 1.08 bits per heavy atom. The van der Waals surface area contributed by atoms with Gasteiger partial charge in [0.15, 0.2) is 0 Å². The molecule has 0 radical (unpaired) electrons. The van der Waals surface area contributed by atoms with Gasteiger partial charge in [0.2, 0.25) is 0 Å². The fraction of sp³-hybridized carbons (Fsp3) is 0. The van der Waals surface area contributed by atoms with Crippen LogP contribution < -0.4 is 0 Å². The maximum absolute atomic E-state index is 5.06. The first kappa shape index (κ1) is 9.40. The molecule has 0 bridgehead atoms. The lowest BCUT2D eigenvalue weighted by molar-refractivity contribution is 1.46. The van der Waals surface area contributed by atoms with E-state index in [2.05, 4.69) is 18.2 Å². The van der Waals surface area contributed by atoms with Crippen molar-refractivity contribution in [2.75, 3.05) is 0 Å². The number of hydrogen-bond donors (Lipinski definition) is 0. The third kappa shape index (κ3) is 2.64. The van der Waals surface area contributed by atoms with E-state index in [1.165, 1.54) is 9.10 Å². The maximum Gasteiger partial charge on any atom is 0.103 e. The van der Waals surface area contributed by atoms with Gasteiger partial charge in [0.1, 0.15) is 3.82 Å². The van der Waals surface area contributed by atoms with Gasteiger partial charge >= 0.3 is 0 Å². The Morgan fingerprint density at radius 2 is 1.85 bits per heavy atom. The Kier molecular flexibility index (Phi) is 3.16. The van der Waals surface area contributed by atoms with Gasteiger partial charge in [0.05, 0.1) is 4.21 Å². The van der Waals surface area contributed by atoms with Crippen LogP contribution in [-0.2, 0) is 0 Å². The molecule has 0 unspecified atom stereocenters. The average molecular weight is 242 g/mol. The van der Waals surface area contributed by atoms with Crippen molar-refractivity contribution in [2.45, 2.75) is 9.10 Å². The van der Waals surface area contributed by atoms with Crippen LogP contribution in [0.1, 0.15) is 0 Å². The first-order valence-electron chi connectivity index (χ1n) is 3.68. The second-order valence-corrected chi connectivity index (χ2v) is 6.65. The zero-order chi connectivity index (χ0) is 9.10. The minimum Gasteiger partial charge on any atom is -0.0782 e. The highest BCUT2D eigenvalue weighted by Crippen LogP contribution is 2.33. The Labute approximate surface area is 93.6 Å². The predicted molar refractivity (Wildman–Crippen MR) is 63.6 cm³/mol. The van der Waals surface area contributed by atoms with Gasteiger partial charge in [-0.25, -0.2) is 0 Å². The summed E-state index contributed by atoms with van der Waals surface area (Å²) in [6, 6.07) is 12.4. The fourth-order valence-corrected chi connectivity index (χ4v) is 4.62. The summed E-state index contributed by atoms with van der Waals surface area (Å²) < 4.78 is 2.25. The summed E-state index contributed by atoms with van der Waals surface area (Å²) in [4.78, 5) is 1.27. The van der Waals surface area contributed by atoms with Gasteiger partial charge in [-0.3, -0.25) is 0 Å².